The number of hydrogen-bond acceptors (Lipinski definition) is 3. The van der Waals surface area contributed by atoms with Crippen molar-refractivity contribution >= 4 is 18.3 Å². The van der Waals surface area contributed by atoms with E-state index < -0.39 is 0 Å². The molecule has 0 radical (unpaired) electrons. The van der Waals surface area contributed by atoms with Gasteiger partial charge in [0.15, 0.2) is 0 Å². The zero-order valence-corrected chi connectivity index (χ0v) is 7.23. The van der Waals surface area contributed by atoms with Crippen LogP contribution >= 0.6 is 12.6 Å². The van der Waals surface area contributed by atoms with Gasteiger partial charge in [-0.05, 0) is 23.8 Å². The molecule has 0 spiro atoms. The Kier molecular flexibility index (Phi) is 2.54. The van der Waals surface area contributed by atoms with Gasteiger partial charge in [-0.25, -0.2) is 0 Å². The quantitative estimate of drug-likeness (QED) is 0.448. The van der Waals surface area contributed by atoms with Gasteiger partial charge in [0.25, 0.3) is 0 Å². The first kappa shape index (κ1) is 8.14. The van der Waals surface area contributed by atoms with E-state index in [9.17, 15) is 0 Å². The molecule has 11 heavy (non-hydrogen) atoms. The van der Waals surface area contributed by atoms with Crippen LogP contribution < -0.4 is 5.43 Å². The average molecular weight is 166 g/mol. The maximum atomic E-state index is 4.17. The Bertz CT molecular complexity index is 261. The lowest BCUT2D eigenvalue weighted by Crippen LogP contribution is -2.06. The number of hydrazone groups is 1. The Balaban J connectivity index is 2.86. The van der Waals surface area contributed by atoms with Crippen LogP contribution in [0.15, 0.2) is 40.4 Å². The molecule has 0 saturated heterocycles. The second-order valence-electron chi connectivity index (χ2n) is 2.15. The minimum Gasteiger partial charge on any atom is -0.313 e. The summed E-state index contributed by atoms with van der Waals surface area (Å²) in [5.74, 6) is 0. The van der Waals surface area contributed by atoms with Gasteiger partial charge in [-0.15, -0.1) is 12.6 Å². The van der Waals surface area contributed by atoms with E-state index in [1.807, 2.05) is 18.2 Å². The molecule has 0 aromatic carbocycles. The molecule has 58 valence electrons. The van der Waals surface area contributed by atoms with Gasteiger partial charge >= 0.3 is 0 Å². The van der Waals surface area contributed by atoms with Crippen molar-refractivity contribution in [3.63, 3.8) is 0 Å². The Labute approximate surface area is 71.8 Å². The number of thiol groups is 1. The largest absolute Gasteiger partial charge is 0.313 e. The summed E-state index contributed by atoms with van der Waals surface area (Å²) in [7, 11) is 1.76. The highest BCUT2D eigenvalue weighted by Crippen LogP contribution is 2.14. The summed E-state index contributed by atoms with van der Waals surface area (Å²) in [5, 5.41) is 4.00. The summed E-state index contributed by atoms with van der Waals surface area (Å²) in [5.41, 5.74) is 4.44. The lowest BCUT2D eigenvalue weighted by atomic mass is 10.1. The first-order chi connectivity index (χ1) is 5.24. The molecule has 2 nitrogen and oxygen atoms in total. The summed E-state index contributed by atoms with van der Waals surface area (Å²) in [6.07, 6.45) is 5.63. The van der Waals surface area contributed by atoms with Gasteiger partial charge in [-0.1, -0.05) is 6.58 Å². The van der Waals surface area contributed by atoms with Crippen LogP contribution in [0, 0.1) is 0 Å². The van der Waals surface area contributed by atoms with Crippen molar-refractivity contribution in [3.05, 3.63) is 35.3 Å². The van der Waals surface area contributed by atoms with E-state index >= 15 is 0 Å². The lowest BCUT2D eigenvalue weighted by molar-refractivity contribution is 0.902. The van der Waals surface area contributed by atoms with Gasteiger partial charge in [-0.2, -0.15) is 5.10 Å². The zero-order chi connectivity index (χ0) is 8.27. The van der Waals surface area contributed by atoms with Gasteiger partial charge in [-0.3, -0.25) is 0 Å². The van der Waals surface area contributed by atoms with Gasteiger partial charge in [0.2, 0.25) is 0 Å². The lowest BCUT2D eigenvalue weighted by Gasteiger charge is -2.05. The molecule has 0 unspecified atom stereocenters. The first-order valence-electron chi connectivity index (χ1n) is 3.26. The summed E-state index contributed by atoms with van der Waals surface area (Å²) in [4.78, 5) is 0.907. The highest BCUT2D eigenvalue weighted by Gasteiger charge is 2.02. The van der Waals surface area contributed by atoms with Crippen LogP contribution in [-0.4, -0.2) is 12.8 Å². The summed E-state index contributed by atoms with van der Waals surface area (Å²) in [6.45, 7) is 3.82. The molecule has 3 heteroatoms. The third-order valence-corrected chi connectivity index (χ3v) is 1.57. The van der Waals surface area contributed by atoms with E-state index in [1.165, 1.54) is 0 Å². The van der Waals surface area contributed by atoms with Crippen molar-refractivity contribution in [2.75, 3.05) is 7.05 Å². The maximum Gasteiger partial charge on any atom is 0.0896 e. The second kappa shape index (κ2) is 3.44. The Hall–Kier alpha value is -0.960. The van der Waals surface area contributed by atoms with E-state index in [-0.39, 0.29) is 0 Å². The smallest absolute Gasteiger partial charge is 0.0896 e. The van der Waals surface area contributed by atoms with Gasteiger partial charge < -0.3 is 5.43 Å². The average Bonchev–Trinajstić information content (AvgIpc) is 1.95. The molecule has 0 aromatic rings. The maximum absolute atomic E-state index is 4.17. The minimum absolute atomic E-state index is 0.852. The van der Waals surface area contributed by atoms with Crippen molar-refractivity contribution in [1.82, 2.24) is 5.43 Å². The number of rotatable bonds is 1. The van der Waals surface area contributed by atoms with E-state index in [0.29, 0.717) is 0 Å². The summed E-state index contributed by atoms with van der Waals surface area (Å²) < 4.78 is 0. The number of allylic oxidation sites excluding steroid dienone is 4. The second-order valence-corrected chi connectivity index (χ2v) is 2.66. The first-order valence-corrected chi connectivity index (χ1v) is 3.71. The number of nitrogens with zero attached hydrogens (tertiary/aromatic N) is 1. The molecule has 0 amide bonds. The molecule has 0 saturated carbocycles. The molecule has 0 aliphatic heterocycles. The molecular weight excluding hydrogens is 156 g/mol. The molecule has 0 heterocycles. The van der Waals surface area contributed by atoms with Crippen LogP contribution in [0.3, 0.4) is 0 Å². The van der Waals surface area contributed by atoms with Crippen LogP contribution in [0.2, 0.25) is 0 Å². The van der Waals surface area contributed by atoms with Crippen LogP contribution in [0.1, 0.15) is 0 Å². The number of nitrogens with one attached hydrogen (secondary N) is 1. The summed E-state index contributed by atoms with van der Waals surface area (Å²) in [6, 6.07) is 0. The molecular formula is C8H10N2S. The predicted octanol–water partition coefficient (Wildman–Crippen LogP) is 1.50. The molecule has 1 aliphatic carbocycles. The van der Waals surface area contributed by atoms with Gasteiger partial charge in [0, 0.05) is 12.0 Å². The molecule has 0 bridgehead atoms. The molecule has 0 atom stereocenters. The fourth-order valence-electron chi connectivity index (χ4n) is 0.801. The fourth-order valence-corrected chi connectivity index (χ4v) is 1.03. The molecule has 1 aliphatic rings. The van der Waals surface area contributed by atoms with E-state index in [4.69, 9.17) is 0 Å². The molecule has 0 fully saturated rings. The topological polar surface area (TPSA) is 24.4 Å². The van der Waals surface area contributed by atoms with Crippen molar-refractivity contribution in [3.8, 4) is 0 Å². The minimum atomic E-state index is 0.852. The van der Waals surface area contributed by atoms with Gasteiger partial charge in [0.05, 0.1) is 5.71 Å². The van der Waals surface area contributed by atoms with Crippen LogP contribution in [0.4, 0.5) is 0 Å². The molecule has 1 rings (SSSR count). The van der Waals surface area contributed by atoms with Crippen molar-refractivity contribution in [1.29, 1.82) is 0 Å². The summed E-state index contributed by atoms with van der Waals surface area (Å²) >= 11 is 4.17. The third-order valence-electron chi connectivity index (χ3n) is 1.30. The van der Waals surface area contributed by atoms with E-state index in [2.05, 4.69) is 29.7 Å². The van der Waals surface area contributed by atoms with Crippen LogP contribution in [0.25, 0.3) is 0 Å². The SMILES string of the molecule is C=C1C=C(S)C=C/C1=N/NC. The van der Waals surface area contributed by atoms with E-state index in [1.54, 1.807) is 7.05 Å². The number of hydrogen-bond donors (Lipinski definition) is 2. The van der Waals surface area contributed by atoms with Crippen molar-refractivity contribution in [2.45, 2.75) is 0 Å². The molecule has 0 aromatic heterocycles. The highest BCUT2D eigenvalue weighted by molar-refractivity contribution is 7.84. The standard InChI is InChI=1S/C8H10N2S/c1-6-5-7(11)3-4-8(6)10-9-2/h3-5,9,11H,1H2,2H3/b10-8-. The van der Waals surface area contributed by atoms with Crippen LogP contribution in [0.5, 0.6) is 0 Å². The van der Waals surface area contributed by atoms with Gasteiger partial charge in [0.1, 0.15) is 0 Å². The van der Waals surface area contributed by atoms with Crippen molar-refractivity contribution < 1.29 is 0 Å². The normalized spacial score (nSPS) is 20.4. The van der Waals surface area contributed by atoms with E-state index in [0.717, 1.165) is 16.2 Å². The monoisotopic (exact) mass is 166 g/mol. The molecule has 1 N–H and O–H groups in total. The zero-order valence-electron chi connectivity index (χ0n) is 6.33. The van der Waals surface area contributed by atoms with Crippen molar-refractivity contribution in [2.24, 2.45) is 5.10 Å². The predicted molar refractivity (Wildman–Crippen MR) is 51.8 cm³/mol. The fraction of sp³-hybridized carbons (Fsp3) is 0.125. The Morgan fingerprint density at radius 1 is 1.55 bits per heavy atom. The highest BCUT2D eigenvalue weighted by atomic mass is 32.1. The Morgan fingerprint density at radius 3 is 2.82 bits per heavy atom. The van der Waals surface area contributed by atoms with Crippen LogP contribution in [-0.2, 0) is 0 Å². The third kappa shape index (κ3) is 1.98. The Morgan fingerprint density at radius 2 is 2.27 bits per heavy atom.